The van der Waals surface area contributed by atoms with Crippen molar-refractivity contribution in [3.63, 3.8) is 0 Å². The molecule has 0 radical (unpaired) electrons. The normalized spacial score (nSPS) is 11.1. The molecule has 6 heteroatoms. The highest BCUT2D eigenvalue weighted by atomic mass is 79.9. The van der Waals surface area contributed by atoms with Gasteiger partial charge in [-0.3, -0.25) is 9.78 Å². The van der Waals surface area contributed by atoms with Crippen molar-refractivity contribution in [3.05, 3.63) is 58.8 Å². The van der Waals surface area contributed by atoms with Crippen LogP contribution in [-0.4, -0.2) is 18.0 Å². The summed E-state index contributed by atoms with van der Waals surface area (Å²) in [5.74, 6) is 0.000331. The van der Waals surface area contributed by atoms with Crippen LogP contribution in [0.3, 0.4) is 0 Å². The minimum absolute atomic E-state index is 0.389. The standard InChI is InChI=1S/C19H13BrN2O3/c1-24-15-8-12(10-3-2-6-22-9-10)17(19(21)23)16-13-7-11(20)4-5-14(13)25-18(15)16/h2-9H,1H3,(H2,21,23). The molecule has 2 aromatic carbocycles. The molecular formula is C19H13BrN2O3. The van der Waals surface area contributed by atoms with Crippen LogP contribution in [-0.2, 0) is 0 Å². The fourth-order valence-corrected chi connectivity index (χ4v) is 3.41. The van der Waals surface area contributed by atoms with Gasteiger partial charge in [-0.05, 0) is 30.3 Å². The van der Waals surface area contributed by atoms with Gasteiger partial charge in [0, 0.05) is 38.8 Å². The van der Waals surface area contributed by atoms with E-state index in [0.717, 1.165) is 15.4 Å². The molecule has 0 saturated carbocycles. The van der Waals surface area contributed by atoms with Crippen LogP contribution >= 0.6 is 15.9 Å². The first-order valence-electron chi connectivity index (χ1n) is 7.53. The van der Waals surface area contributed by atoms with E-state index >= 15 is 0 Å². The number of nitrogens with zero attached hydrogens (tertiary/aromatic N) is 1. The summed E-state index contributed by atoms with van der Waals surface area (Å²) < 4.78 is 12.3. The number of hydrogen-bond acceptors (Lipinski definition) is 4. The van der Waals surface area contributed by atoms with E-state index in [1.807, 2.05) is 24.3 Å². The zero-order chi connectivity index (χ0) is 17.6. The topological polar surface area (TPSA) is 78.4 Å². The van der Waals surface area contributed by atoms with Crippen molar-refractivity contribution in [1.82, 2.24) is 4.98 Å². The van der Waals surface area contributed by atoms with E-state index in [4.69, 9.17) is 14.9 Å². The number of amides is 1. The van der Waals surface area contributed by atoms with Gasteiger partial charge in [0.25, 0.3) is 0 Å². The van der Waals surface area contributed by atoms with Crippen molar-refractivity contribution >= 4 is 43.8 Å². The molecule has 2 aromatic heterocycles. The Morgan fingerprint density at radius 3 is 2.80 bits per heavy atom. The zero-order valence-electron chi connectivity index (χ0n) is 13.2. The Hall–Kier alpha value is -2.86. The lowest BCUT2D eigenvalue weighted by molar-refractivity contribution is 0.100. The van der Waals surface area contributed by atoms with Crippen LogP contribution in [0.15, 0.2) is 57.7 Å². The van der Waals surface area contributed by atoms with E-state index in [9.17, 15) is 4.79 Å². The summed E-state index contributed by atoms with van der Waals surface area (Å²) >= 11 is 3.46. The van der Waals surface area contributed by atoms with Crippen LogP contribution in [0, 0.1) is 0 Å². The predicted octanol–water partition coefficient (Wildman–Crippen LogP) is 4.52. The Balaban J connectivity index is 2.23. The molecule has 2 heterocycles. The van der Waals surface area contributed by atoms with Gasteiger partial charge >= 0.3 is 0 Å². The van der Waals surface area contributed by atoms with E-state index in [0.29, 0.717) is 33.4 Å². The minimum atomic E-state index is -0.533. The molecule has 0 aliphatic carbocycles. The Labute approximate surface area is 151 Å². The zero-order valence-corrected chi connectivity index (χ0v) is 14.8. The van der Waals surface area contributed by atoms with Gasteiger partial charge in [-0.15, -0.1) is 0 Å². The number of aromatic nitrogens is 1. The molecule has 0 fully saturated rings. The van der Waals surface area contributed by atoms with E-state index in [1.165, 1.54) is 0 Å². The number of hydrogen-bond donors (Lipinski definition) is 1. The molecule has 2 N–H and O–H groups in total. The van der Waals surface area contributed by atoms with Crippen molar-refractivity contribution in [2.24, 2.45) is 5.73 Å². The van der Waals surface area contributed by atoms with E-state index in [1.54, 1.807) is 31.6 Å². The predicted molar refractivity (Wildman–Crippen MR) is 99.7 cm³/mol. The van der Waals surface area contributed by atoms with Crippen molar-refractivity contribution in [1.29, 1.82) is 0 Å². The lowest BCUT2D eigenvalue weighted by atomic mass is 9.95. The Bertz CT molecular complexity index is 1120. The third-order valence-electron chi connectivity index (χ3n) is 4.11. The van der Waals surface area contributed by atoms with Gasteiger partial charge in [0.05, 0.1) is 12.7 Å². The molecule has 4 rings (SSSR count). The largest absolute Gasteiger partial charge is 0.493 e. The van der Waals surface area contributed by atoms with Crippen LogP contribution < -0.4 is 10.5 Å². The molecule has 0 aliphatic rings. The number of ether oxygens (including phenoxy) is 1. The number of fused-ring (bicyclic) bond motifs is 3. The third-order valence-corrected chi connectivity index (χ3v) is 4.60. The lowest BCUT2D eigenvalue weighted by Gasteiger charge is -2.11. The first-order chi connectivity index (χ1) is 12.1. The van der Waals surface area contributed by atoms with Gasteiger partial charge < -0.3 is 14.9 Å². The third kappa shape index (κ3) is 2.46. The molecule has 0 atom stereocenters. The maximum absolute atomic E-state index is 12.3. The van der Waals surface area contributed by atoms with E-state index in [-0.39, 0.29) is 0 Å². The van der Waals surface area contributed by atoms with Crippen LogP contribution in [0.2, 0.25) is 0 Å². The van der Waals surface area contributed by atoms with E-state index < -0.39 is 5.91 Å². The first-order valence-corrected chi connectivity index (χ1v) is 8.32. The number of halogens is 1. The summed E-state index contributed by atoms with van der Waals surface area (Å²) in [7, 11) is 1.56. The summed E-state index contributed by atoms with van der Waals surface area (Å²) in [6.45, 7) is 0. The smallest absolute Gasteiger partial charge is 0.250 e. The maximum atomic E-state index is 12.3. The summed E-state index contributed by atoms with van der Waals surface area (Å²) in [5.41, 5.74) is 8.72. The number of carbonyl (C=O) groups is 1. The monoisotopic (exact) mass is 396 g/mol. The van der Waals surface area contributed by atoms with Crippen LogP contribution in [0.5, 0.6) is 5.75 Å². The second-order valence-corrected chi connectivity index (χ2v) is 6.47. The first kappa shape index (κ1) is 15.7. The highest BCUT2D eigenvalue weighted by Crippen LogP contribution is 2.42. The van der Waals surface area contributed by atoms with Crippen LogP contribution in [0.4, 0.5) is 0 Å². The van der Waals surface area contributed by atoms with Crippen LogP contribution in [0.1, 0.15) is 10.4 Å². The number of pyridine rings is 1. The number of primary amides is 1. The Kier molecular flexibility index (Phi) is 3.69. The van der Waals surface area contributed by atoms with Crippen molar-refractivity contribution in [3.8, 4) is 16.9 Å². The van der Waals surface area contributed by atoms with Gasteiger partial charge in [-0.25, -0.2) is 0 Å². The second-order valence-electron chi connectivity index (χ2n) is 5.55. The Morgan fingerprint density at radius 1 is 1.28 bits per heavy atom. The molecule has 0 saturated heterocycles. The second kappa shape index (κ2) is 5.89. The van der Waals surface area contributed by atoms with Crippen molar-refractivity contribution in [2.45, 2.75) is 0 Å². The number of methoxy groups -OCH3 is 1. The molecular weight excluding hydrogens is 384 g/mol. The molecule has 4 aromatic rings. The molecule has 0 aliphatic heterocycles. The van der Waals surface area contributed by atoms with Gasteiger partial charge in [0.1, 0.15) is 5.58 Å². The fraction of sp³-hybridized carbons (Fsp3) is 0.0526. The highest BCUT2D eigenvalue weighted by molar-refractivity contribution is 9.10. The number of furan rings is 1. The number of benzene rings is 2. The number of rotatable bonds is 3. The fourth-order valence-electron chi connectivity index (χ4n) is 3.05. The van der Waals surface area contributed by atoms with Gasteiger partial charge in [0.2, 0.25) is 5.91 Å². The molecule has 0 unspecified atom stereocenters. The SMILES string of the molecule is COc1cc(-c2cccnc2)c(C(N)=O)c2c1oc1ccc(Br)cc12. The lowest BCUT2D eigenvalue weighted by Crippen LogP contribution is -2.13. The van der Waals surface area contributed by atoms with E-state index in [2.05, 4.69) is 20.9 Å². The molecule has 5 nitrogen and oxygen atoms in total. The minimum Gasteiger partial charge on any atom is -0.493 e. The summed E-state index contributed by atoms with van der Waals surface area (Å²) in [6, 6.07) is 11.1. The average Bonchev–Trinajstić information content (AvgIpc) is 2.99. The highest BCUT2D eigenvalue weighted by Gasteiger charge is 2.23. The van der Waals surface area contributed by atoms with Gasteiger partial charge in [0.15, 0.2) is 11.3 Å². The molecule has 1 amide bonds. The molecule has 25 heavy (non-hydrogen) atoms. The van der Waals surface area contributed by atoms with Gasteiger partial charge in [-0.2, -0.15) is 0 Å². The van der Waals surface area contributed by atoms with Crippen molar-refractivity contribution < 1.29 is 13.9 Å². The van der Waals surface area contributed by atoms with Crippen molar-refractivity contribution in [2.75, 3.05) is 7.11 Å². The molecule has 0 spiro atoms. The summed E-state index contributed by atoms with van der Waals surface area (Å²) in [6.07, 6.45) is 3.36. The summed E-state index contributed by atoms with van der Waals surface area (Å²) in [5, 5.41) is 1.43. The van der Waals surface area contributed by atoms with Gasteiger partial charge in [-0.1, -0.05) is 22.0 Å². The Morgan fingerprint density at radius 2 is 2.12 bits per heavy atom. The molecule has 0 bridgehead atoms. The maximum Gasteiger partial charge on any atom is 0.250 e. The summed E-state index contributed by atoms with van der Waals surface area (Å²) in [4.78, 5) is 16.5. The quantitative estimate of drug-likeness (QED) is 0.552. The molecule has 124 valence electrons. The number of nitrogens with two attached hydrogens (primary N) is 1. The number of carbonyl (C=O) groups excluding carboxylic acids is 1. The van der Waals surface area contributed by atoms with Crippen LogP contribution in [0.25, 0.3) is 33.1 Å². The average molecular weight is 397 g/mol.